The van der Waals surface area contributed by atoms with E-state index in [2.05, 4.69) is 5.32 Å². The molecule has 1 aliphatic heterocycles. The summed E-state index contributed by atoms with van der Waals surface area (Å²) in [6, 6.07) is -0.126. The lowest BCUT2D eigenvalue weighted by atomic mass is 10.3. The first-order valence-corrected chi connectivity index (χ1v) is 5.10. The van der Waals surface area contributed by atoms with Crippen molar-refractivity contribution in [1.29, 1.82) is 0 Å². The monoisotopic (exact) mass is 167 g/mol. The highest BCUT2D eigenvalue weighted by atomic mass is 32.3. The van der Waals surface area contributed by atoms with Crippen LogP contribution in [0.2, 0.25) is 0 Å². The molecule has 0 aliphatic carbocycles. The third-order valence-corrected chi connectivity index (χ3v) is 3.34. The van der Waals surface area contributed by atoms with E-state index in [9.17, 15) is 0 Å². The maximum absolute atomic E-state index is 9.16. The molecule has 0 aromatic heterocycles. The van der Waals surface area contributed by atoms with Crippen LogP contribution in [0, 0.1) is 0 Å². The molecule has 0 aromatic rings. The lowest BCUT2D eigenvalue weighted by Crippen LogP contribution is -2.45. The molecule has 10 heavy (non-hydrogen) atoms. The third-order valence-electron chi connectivity index (χ3n) is 1.55. The van der Waals surface area contributed by atoms with Crippen LogP contribution in [0.3, 0.4) is 0 Å². The Labute approximate surface area is 61.6 Å². The Morgan fingerprint density at radius 1 is 1.50 bits per heavy atom. The molecule has 1 fully saturated rings. The zero-order valence-corrected chi connectivity index (χ0v) is 6.47. The fraction of sp³-hybridized carbons (Fsp3) is 1.00. The van der Waals surface area contributed by atoms with Crippen molar-refractivity contribution in [3.8, 4) is 0 Å². The van der Waals surface area contributed by atoms with E-state index in [0.717, 1.165) is 0 Å². The van der Waals surface area contributed by atoms with Crippen LogP contribution in [0.1, 0.15) is 0 Å². The Bertz CT molecular complexity index is 119. The number of hydrogen-bond donors (Lipinski definition) is 4. The first kappa shape index (κ1) is 8.29. The molecule has 0 saturated carbocycles. The topological polar surface area (TPSA) is 72.7 Å². The average Bonchev–Trinajstić information content (AvgIpc) is 1.86. The van der Waals surface area contributed by atoms with E-state index in [0.29, 0.717) is 18.1 Å². The number of aliphatic hydroxyl groups is 1. The molecule has 5 heteroatoms. The molecule has 4 N–H and O–H groups in total. The first-order valence-electron chi connectivity index (χ1n) is 3.22. The Kier molecular flexibility index (Phi) is 2.54. The van der Waals surface area contributed by atoms with Crippen LogP contribution < -0.4 is 5.32 Å². The van der Waals surface area contributed by atoms with E-state index in [-0.39, 0.29) is 12.6 Å². The molecule has 1 unspecified atom stereocenters. The Balaban J connectivity index is 2.40. The molecule has 62 valence electrons. The molecular formula is C5H13NO3S. The second kappa shape index (κ2) is 3.06. The molecule has 0 bridgehead atoms. The normalized spacial score (nSPS) is 35.3. The maximum atomic E-state index is 9.16. The average molecular weight is 167 g/mol. The summed E-state index contributed by atoms with van der Waals surface area (Å²) in [5.74, 6) is 0.715. The number of aliphatic hydroxyl groups excluding tert-OH is 1. The van der Waals surface area contributed by atoms with Crippen LogP contribution in [0.5, 0.6) is 0 Å². The summed E-state index contributed by atoms with van der Waals surface area (Å²) in [5, 5.41) is 11.6. The largest absolute Gasteiger partial charge is 0.395 e. The van der Waals surface area contributed by atoms with E-state index in [1.807, 2.05) is 0 Å². The zero-order chi connectivity index (χ0) is 7.61. The molecule has 0 amide bonds. The van der Waals surface area contributed by atoms with Gasteiger partial charge in [-0.05, 0) is 0 Å². The van der Waals surface area contributed by atoms with Gasteiger partial charge < -0.3 is 10.4 Å². The molecule has 0 spiro atoms. The van der Waals surface area contributed by atoms with Crippen molar-refractivity contribution >= 4 is 10.6 Å². The van der Waals surface area contributed by atoms with E-state index in [1.165, 1.54) is 0 Å². The minimum absolute atomic E-state index is 0.0180. The van der Waals surface area contributed by atoms with Crippen molar-refractivity contribution in [2.45, 2.75) is 6.04 Å². The van der Waals surface area contributed by atoms with Crippen LogP contribution in [-0.2, 0) is 0 Å². The van der Waals surface area contributed by atoms with E-state index < -0.39 is 10.6 Å². The molecule has 4 nitrogen and oxygen atoms in total. The van der Waals surface area contributed by atoms with Crippen molar-refractivity contribution in [3.05, 3.63) is 0 Å². The van der Waals surface area contributed by atoms with E-state index in [1.54, 1.807) is 0 Å². The van der Waals surface area contributed by atoms with Gasteiger partial charge in [0.2, 0.25) is 0 Å². The standard InChI is InChI=1S/C5H13NO3S/c7-3-5-4-10(8,9)2-1-6-5/h5-9H,1-4H2. The van der Waals surface area contributed by atoms with E-state index >= 15 is 0 Å². The van der Waals surface area contributed by atoms with Gasteiger partial charge in [-0.15, -0.1) is 0 Å². The van der Waals surface area contributed by atoms with Crippen LogP contribution in [0.4, 0.5) is 0 Å². The highest BCUT2D eigenvalue weighted by Crippen LogP contribution is 2.39. The molecule has 1 atom stereocenters. The maximum Gasteiger partial charge on any atom is 0.0600 e. The van der Waals surface area contributed by atoms with Gasteiger partial charge in [0.1, 0.15) is 0 Å². The predicted molar refractivity (Wildman–Crippen MR) is 41.5 cm³/mol. The van der Waals surface area contributed by atoms with Gasteiger partial charge in [0, 0.05) is 18.3 Å². The number of rotatable bonds is 1. The van der Waals surface area contributed by atoms with Gasteiger partial charge in [-0.2, -0.15) is 10.6 Å². The molecule has 1 aliphatic rings. The fourth-order valence-corrected chi connectivity index (χ4v) is 2.49. The molecule has 1 rings (SSSR count). The summed E-state index contributed by atoms with van der Waals surface area (Å²) in [5.41, 5.74) is 0. The summed E-state index contributed by atoms with van der Waals surface area (Å²) in [6.45, 7) is 0.573. The van der Waals surface area contributed by atoms with Crippen molar-refractivity contribution in [3.63, 3.8) is 0 Å². The van der Waals surface area contributed by atoms with Crippen LogP contribution in [-0.4, -0.2) is 44.9 Å². The quantitative estimate of drug-likeness (QED) is 0.433. The molecule has 1 heterocycles. The minimum Gasteiger partial charge on any atom is -0.395 e. The van der Waals surface area contributed by atoms with Crippen LogP contribution >= 0.6 is 10.6 Å². The zero-order valence-electron chi connectivity index (χ0n) is 5.66. The third kappa shape index (κ3) is 2.10. The molecule has 0 aromatic carbocycles. The Morgan fingerprint density at radius 3 is 2.60 bits per heavy atom. The summed E-state index contributed by atoms with van der Waals surface area (Å²) in [7, 11) is -2.37. The van der Waals surface area contributed by atoms with Crippen molar-refractivity contribution in [2.75, 3.05) is 24.7 Å². The Morgan fingerprint density at radius 2 is 2.20 bits per heavy atom. The first-order chi connectivity index (χ1) is 4.64. The van der Waals surface area contributed by atoms with Gasteiger partial charge in [0.05, 0.1) is 12.4 Å². The summed E-state index contributed by atoms with van der Waals surface area (Å²) in [6.07, 6.45) is 0. The van der Waals surface area contributed by atoms with Crippen LogP contribution in [0.25, 0.3) is 0 Å². The van der Waals surface area contributed by atoms with Gasteiger partial charge in [0.25, 0.3) is 0 Å². The van der Waals surface area contributed by atoms with Gasteiger partial charge in [0.15, 0.2) is 0 Å². The van der Waals surface area contributed by atoms with Crippen molar-refractivity contribution < 1.29 is 14.2 Å². The van der Waals surface area contributed by atoms with Crippen molar-refractivity contribution in [1.82, 2.24) is 5.32 Å². The second-order valence-electron chi connectivity index (χ2n) is 2.51. The SMILES string of the molecule is OCC1CS(O)(O)CCN1. The molecule has 1 saturated heterocycles. The van der Waals surface area contributed by atoms with Gasteiger partial charge >= 0.3 is 0 Å². The second-order valence-corrected chi connectivity index (χ2v) is 4.85. The smallest absolute Gasteiger partial charge is 0.0600 e. The highest BCUT2D eigenvalue weighted by Gasteiger charge is 2.23. The summed E-state index contributed by atoms with van der Waals surface area (Å²) >= 11 is 0. The van der Waals surface area contributed by atoms with Gasteiger partial charge in [-0.1, -0.05) is 0 Å². The number of hydrogen-bond acceptors (Lipinski definition) is 4. The lowest BCUT2D eigenvalue weighted by Gasteiger charge is -2.39. The lowest BCUT2D eigenvalue weighted by molar-refractivity contribution is 0.248. The van der Waals surface area contributed by atoms with Crippen LogP contribution in [0.15, 0.2) is 0 Å². The predicted octanol–water partition coefficient (Wildman–Crippen LogP) is -0.299. The minimum atomic E-state index is -2.37. The van der Waals surface area contributed by atoms with Gasteiger partial charge in [-0.25, -0.2) is 0 Å². The fourth-order valence-electron chi connectivity index (χ4n) is 1.01. The molecule has 0 radical (unpaired) electrons. The van der Waals surface area contributed by atoms with E-state index in [4.69, 9.17) is 14.2 Å². The Hall–Kier alpha value is 0.190. The van der Waals surface area contributed by atoms with Gasteiger partial charge in [-0.3, -0.25) is 9.11 Å². The molecular weight excluding hydrogens is 154 g/mol. The highest BCUT2D eigenvalue weighted by molar-refractivity contribution is 8.24. The summed E-state index contributed by atoms with van der Waals surface area (Å²) in [4.78, 5) is 0. The number of nitrogens with one attached hydrogen (secondary N) is 1. The van der Waals surface area contributed by atoms with Crippen molar-refractivity contribution in [2.24, 2.45) is 0 Å². The summed E-state index contributed by atoms with van der Waals surface area (Å²) < 4.78 is 18.3.